The first-order valence-corrected chi connectivity index (χ1v) is 6.36. The van der Waals surface area contributed by atoms with Crippen molar-refractivity contribution in [2.45, 2.75) is 12.8 Å². The summed E-state index contributed by atoms with van der Waals surface area (Å²) in [5.41, 5.74) is 0.243. The standard InChI is InChI=1S/C14H17NO4/c16-9-10-4-3-7-15(8-10)13(17)11-5-1-2-6-12(11)14(18)19/h1-2,5-6,10,16H,3-4,7-9H2,(H,18,19)/t10-/m1/s1. The minimum absolute atomic E-state index is 0.0265. The Hall–Kier alpha value is -1.88. The van der Waals surface area contributed by atoms with Gasteiger partial charge in [0.2, 0.25) is 0 Å². The van der Waals surface area contributed by atoms with Gasteiger partial charge in [0.05, 0.1) is 11.1 Å². The van der Waals surface area contributed by atoms with Crippen LogP contribution in [0.3, 0.4) is 0 Å². The molecule has 1 amide bonds. The summed E-state index contributed by atoms with van der Waals surface area (Å²) in [6.07, 6.45) is 1.74. The van der Waals surface area contributed by atoms with Gasteiger partial charge in [0.15, 0.2) is 0 Å². The Morgan fingerprint density at radius 3 is 2.58 bits per heavy atom. The predicted octanol–water partition coefficient (Wildman–Crippen LogP) is 1.23. The molecular weight excluding hydrogens is 246 g/mol. The van der Waals surface area contributed by atoms with Gasteiger partial charge in [-0.1, -0.05) is 12.1 Å². The topological polar surface area (TPSA) is 77.8 Å². The van der Waals surface area contributed by atoms with Crippen molar-refractivity contribution >= 4 is 11.9 Å². The highest BCUT2D eigenvalue weighted by atomic mass is 16.4. The second-order valence-corrected chi connectivity index (χ2v) is 4.79. The Morgan fingerprint density at radius 1 is 1.26 bits per heavy atom. The molecule has 0 unspecified atom stereocenters. The quantitative estimate of drug-likeness (QED) is 0.859. The van der Waals surface area contributed by atoms with E-state index in [-0.39, 0.29) is 29.6 Å². The van der Waals surface area contributed by atoms with Crippen LogP contribution < -0.4 is 0 Å². The van der Waals surface area contributed by atoms with Gasteiger partial charge in [-0.15, -0.1) is 0 Å². The Morgan fingerprint density at radius 2 is 1.95 bits per heavy atom. The SMILES string of the molecule is O=C(O)c1ccccc1C(=O)N1CCC[C@@H](CO)C1. The highest BCUT2D eigenvalue weighted by Gasteiger charge is 2.26. The summed E-state index contributed by atoms with van der Waals surface area (Å²) in [4.78, 5) is 25.1. The number of rotatable bonds is 3. The summed E-state index contributed by atoms with van der Waals surface area (Å²) in [5.74, 6) is -1.27. The van der Waals surface area contributed by atoms with E-state index in [1.54, 1.807) is 17.0 Å². The van der Waals surface area contributed by atoms with Crippen molar-refractivity contribution in [3.63, 3.8) is 0 Å². The molecule has 1 aromatic rings. The van der Waals surface area contributed by atoms with Crippen LogP contribution in [0, 0.1) is 5.92 Å². The van der Waals surface area contributed by atoms with E-state index in [9.17, 15) is 14.7 Å². The molecule has 1 aliphatic rings. The number of amides is 1. The average molecular weight is 263 g/mol. The van der Waals surface area contributed by atoms with Crippen LogP contribution in [0.5, 0.6) is 0 Å². The van der Waals surface area contributed by atoms with Crippen LogP contribution in [0.4, 0.5) is 0 Å². The summed E-state index contributed by atoms with van der Waals surface area (Å²) in [6, 6.07) is 6.23. The predicted molar refractivity (Wildman–Crippen MR) is 69.1 cm³/mol. The molecule has 0 spiro atoms. The molecule has 1 saturated heterocycles. The maximum atomic E-state index is 12.4. The number of aromatic carboxylic acids is 1. The van der Waals surface area contributed by atoms with Gasteiger partial charge < -0.3 is 15.1 Å². The van der Waals surface area contributed by atoms with Gasteiger partial charge in [0.25, 0.3) is 5.91 Å². The Kier molecular flexibility index (Phi) is 4.16. The van der Waals surface area contributed by atoms with Gasteiger partial charge in [0.1, 0.15) is 0 Å². The fraction of sp³-hybridized carbons (Fsp3) is 0.429. The Bertz CT molecular complexity index is 486. The van der Waals surface area contributed by atoms with Gasteiger partial charge >= 0.3 is 5.97 Å². The molecule has 2 rings (SSSR count). The number of carboxylic acid groups (broad SMARTS) is 1. The number of hydrogen-bond donors (Lipinski definition) is 2. The zero-order valence-electron chi connectivity index (χ0n) is 10.6. The lowest BCUT2D eigenvalue weighted by molar-refractivity contribution is 0.0602. The molecule has 5 heteroatoms. The number of piperidine rings is 1. The molecule has 1 heterocycles. The zero-order chi connectivity index (χ0) is 13.8. The van der Waals surface area contributed by atoms with Crippen molar-refractivity contribution in [1.29, 1.82) is 0 Å². The number of hydrogen-bond acceptors (Lipinski definition) is 3. The smallest absolute Gasteiger partial charge is 0.336 e. The van der Waals surface area contributed by atoms with Crippen LogP contribution >= 0.6 is 0 Å². The number of aliphatic hydroxyl groups excluding tert-OH is 1. The maximum Gasteiger partial charge on any atom is 0.336 e. The number of carbonyl (C=O) groups excluding carboxylic acids is 1. The van der Waals surface area contributed by atoms with E-state index in [1.165, 1.54) is 12.1 Å². The molecule has 0 saturated carbocycles. The van der Waals surface area contributed by atoms with Gasteiger partial charge in [-0.05, 0) is 30.9 Å². The van der Waals surface area contributed by atoms with E-state index >= 15 is 0 Å². The number of likely N-dealkylation sites (tertiary alicyclic amines) is 1. The second-order valence-electron chi connectivity index (χ2n) is 4.79. The zero-order valence-corrected chi connectivity index (χ0v) is 10.6. The molecule has 0 aromatic heterocycles. The number of nitrogens with zero attached hydrogens (tertiary/aromatic N) is 1. The van der Waals surface area contributed by atoms with E-state index < -0.39 is 5.97 Å². The Balaban J connectivity index is 2.22. The maximum absolute atomic E-state index is 12.4. The molecule has 5 nitrogen and oxygen atoms in total. The monoisotopic (exact) mass is 263 g/mol. The summed E-state index contributed by atoms with van der Waals surface area (Å²) < 4.78 is 0. The van der Waals surface area contributed by atoms with E-state index in [0.717, 1.165) is 12.8 Å². The molecule has 2 N–H and O–H groups in total. The summed E-state index contributed by atoms with van der Waals surface area (Å²) in [5, 5.41) is 18.3. The van der Waals surface area contributed by atoms with Crippen LogP contribution in [0.2, 0.25) is 0 Å². The number of carbonyl (C=O) groups is 2. The van der Waals surface area contributed by atoms with Crippen molar-refractivity contribution in [3.05, 3.63) is 35.4 Å². The van der Waals surface area contributed by atoms with Crippen molar-refractivity contribution in [2.24, 2.45) is 5.92 Å². The average Bonchev–Trinajstić information content (AvgIpc) is 2.46. The number of benzene rings is 1. The van der Waals surface area contributed by atoms with Crippen LogP contribution in [0.1, 0.15) is 33.6 Å². The van der Waals surface area contributed by atoms with Crippen LogP contribution in [-0.2, 0) is 0 Å². The van der Waals surface area contributed by atoms with Crippen LogP contribution in [0.15, 0.2) is 24.3 Å². The number of carboxylic acids is 1. The van der Waals surface area contributed by atoms with Crippen molar-refractivity contribution in [2.75, 3.05) is 19.7 Å². The van der Waals surface area contributed by atoms with Gasteiger partial charge in [-0.25, -0.2) is 4.79 Å². The van der Waals surface area contributed by atoms with Gasteiger partial charge in [-0.2, -0.15) is 0 Å². The van der Waals surface area contributed by atoms with Crippen LogP contribution in [0.25, 0.3) is 0 Å². The van der Waals surface area contributed by atoms with Crippen molar-refractivity contribution in [1.82, 2.24) is 4.90 Å². The molecule has 0 bridgehead atoms. The highest BCUT2D eigenvalue weighted by molar-refractivity contribution is 6.04. The summed E-state index contributed by atoms with van der Waals surface area (Å²) in [6.45, 7) is 1.16. The van der Waals surface area contributed by atoms with E-state index in [1.807, 2.05) is 0 Å². The van der Waals surface area contributed by atoms with E-state index in [2.05, 4.69) is 0 Å². The molecule has 102 valence electrons. The lowest BCUT2D eigenvalue weighted by Crippen LogP contribution is -2.41. The third-order valence-electron chi connectivity index (χ3n) is 3.45. The molecule has 1 aromatic carbocycles. The van der Waals surface area contributed by atoms with Crippen LogP contribution in [-0.4, -0.2) is 46.7 Å². The minimum atomic E-state index is -1.10. The molecule has 0 aliphatic carbocycles. The first-order valence-electron chi connectivity index (χ1n) is 6.36. The number of aliphatic hydroxyl groups is 1. The van der Waals surface area contributed by atoms with Crippen molar-refractivity contribution in [3.8, 4) is 0 Å². The molecule has 1 fully saturated rings. The summed E-state index contributed by atoms with van der Waals surface area (Å²) >= 11 is 0. The third kappa shape index (κ3) is 2.93. The summed E-state index contributed by atoms with van der Waals surface area (Å²) in [7, 11) is 0. The minimum Gasteiger partial charge on any atom is -0.478 e. The highest BCUT2D eigenvalue weighted by Crippen LogP contribution is 2.19. The fourth-order valence-electron chi connectivity index (χ4n) is 2.42. The van der Waals surface area contributed by atoms with E-state index in [4.69, 9.17) is 5.11 Å². The fourth-order valence-corrected chi connectivity index (χ4v) is 2.42. The Labute approximate surface area is 111 Å². The third-order valence-corrected chi connectivity index (χ3v) is 3.45. The lowest BCUT2D eigenvalue weighted by atomic mass is 9.97. The molecule has 1 atom stereocenters. The first kappa shape index (κ1) is 13.5. The van der Waals surface area contributed by atoms with Gasteiger partial charge in [-0.3, -0.25) is 4.79 Å². The molecule has 19 heavy (non-hydrogen) atoms. The second kappa shape index (κ2) is 5.84. The lowest BCUT2D eigenvalue weighted by Gasteiger charge is -2.32. The first-order chi connectivity index (χ1) is 9.13. The largest absolute Gasteiger partial charge is 0.478 e. The van der Waals surface area contributed by atoms with Crippen molar-refractivity contribution < 1.29 is 19.8 Å². The normalized spacial score (nSPS) is 19.2. The molecule has 1 aliphatic heterocycles. The van der Waals surface area contributed by atoms with E-state index in [0.29, 0.717) is 13.1 Å². The van der Waals surface area contributed by atoms with Gasteiger partial charge in [0, 0.05) is 19.7 Å². The molecule has 0 radical (unpaired) electrons. The molecular formula is C14H17NO4.